The Bertz CT molecular complexity index is 235. The Morgan fingerprint density at radius 2 is 2.08 bits per heavy atom. The number of nitrogens with one attached hydrogen (secondary N) is 1. The van der Waals surface area contributed by atoms with Gasteiger partial charge in [-0.3, -0.25) is 0 Å². The van der Waals surface area contributed by atoms with E-state index in [1.54, 1.807) is 0 Å². The lowest BCUT2D eigenvalue weighted by Gasteiger charge is -2.04. The molecule has 66 valence electrons. The Labute approximate surface area is 87.7 Å². The van der Waals surface area contributed by atoms with Crippen LogP contribution in [0.15, 0.2) is 24.3 Å². The lowest BCUT2D eigenvalue weighted by Crippen LogP contribution is -2.14. The second-order valence-corrected chi connectivity index (χ2v) is 3.93. The summed E-state index contributed by atoms with van der Waals surface area (Å²) in [5.74, 6) is 0. The molecule has 1 aromatic carbocycles. The molecule has 0 bridgehead atoms. The van der Waals surface area contributed by atoms with Gasteiger partial charge in [0.25, 0.3) is 0 Å². The summed E-state index contributed by atoms with van der Waals surface area (Å²) in [6.07, 6.45) is 1.20. The molecule has 1 nitrogen and oxygen atoms in total. The van der Waals surface area contributed by atoms with E-state index in [0.29, 0.717) is 0 Å². The van der Waals surface area contributed by atoms with E-state index in [9.17, 15) is 0 Å². The third kappa shape index (κ3) is 3.11. The highest BCUT2D eigenvalue weighted by atomic mass is 127. The molecule has 0 aliphatic carbocycles. The summed E-state index contributed by atoms with van der Waals surface area (Å²) in [6.45, 7) is 4.28. The molecular formula is C10H14IN. The summed E-state index contributed by atoms with van der Waals surface area (Å²) < 4.78 is 1.35. The second-order valence-electron chi connectivity index (χ2n) is 2.77. The number of rotatable bonds is 4. The lowest BCUT2D eigenvalue weighted by atomic mass is 10.2. The molecule has 0 saturated heterocycles. The van der Waals surface area contributed by atoms with Gasteiger partial charge in [0.05, 0.1) is 0 Å². The zero-order valence-corrected chi connectivity index (χ0v) is 9.47. The predicted octanol–water partition coefficient (Wildman–Crippen LogP) is 2.79. The summed E-state index contributed by atoms with van der Waals surface area (Å²) in [6, 6.07) is 8.48. The van der Waals surface area contributed by atoms with E-state index in [1.807, 2.05) is 0 Å². The Morgan fingerprint density at radius 1 is 1.33 bits per heavy atom. The van der Waals surface area contributed by atoms with E-state index < -0.39 is 0 Å². The molecule has 0 unspecified atom stereocenters. The normalized spacial score (nSPS) is 10.2. The Morgan fingerprint density at radius 3 is 2.75 bits per heavy atom. The van der Waals surface area contributed by atoms with Crippen LogP contribution in [0.25, 0.3) is 0 Å². The van der Waals surface area contributed by atoms with Crippen molar-refractivity contribution in [3.63, 3.8) is 0 Å². The molecular weight excluding hydrogens is 261 g/mol. The highest BCUT2D eigenvalue weighted by Crippen LogP contribution is 2.10. The van der Waals surface area contributed by atoms with E-state index >= 15 is 0 Å². The van der Waals surface area contributed by atoms with Crippen LogP contribution in [0.3, 0.4) is 0 Å². The van der Waals surface area contributed by atoms with Crippen LogP contribution in [0.1, 0.15) is 18.9 Å². The zero-order valence-electron chi connectivity index (χ0n) is 7.31. The van der Waals surface area contributed by atoms with Gasteiger partial charge in [0.1, 0.15) is 0 Å². The average Bonchev–Trinajstić information content (AvgIpc) is 2.09. The van der Waals surface area contributed by atoms with Crippen molar-refractivity contribution < 1.29 is 0 Å². The van der Waals surface area contributed by atoms with Crippen LogP contribution in [0, 0.1) is 3.57 Å². The van der Waals surface area contributed by atoms with Crippen molar-refractivity contribution in [1.29, 1.82) is 0 Å². The van der Waals surface area contributed by atoms with Gasteiger partial charge in [0, 0.05) is 10.1 Å². The third-order valence-electron chi connectivity index (χ3n) is 1.70. The van der Waals surface area contributed by atoms with Crippen molar-refractivity contribution in [1.82, 2.24) is 5.32 Å². The molecule has 0 saturated carbocycles. The van der Waals surface area contributed by atoms with Crippen LogP contribution in [0.4, 0.5) is 0 Å². The smallest absolute Gasteiger partial charge is 0.0215 e. The summed E-state index contributed by atoms with van der Waals surface area (Å²) in [5, 5.41) is 3.39. The van der Waals surface area contributed by atoms with Crippen LogP contribution in [0.5, 0.6) is 0 Å². The van der Waals surface area contributed by atoms with Gasteiger partial charge in [0.2, 0.25) is 0 Å². The molecule has 0 heterocycles. The van der Waals surface area contributed by atoms with Gasteiger partial charge in [-0.25, -0.2) is 0 Å². The molecule has 0 aliphatic rings. The Hall–Kier alpha value is -0.0900. The number of hydrogen-bond donors (Lipinski definition) is 1. The average molecular weight is 275 g/mol. The standard InChI is InChI=1S/C10H14IN/c1-2-7-12-8-9-5-3-4-6-10(9)11/h3-6,12H,2,7-8H2,1H3. The Balaban J connectivity index is 2.46. The maximum atomic E-state index is 3.39. The summed E-state index contributed by atoms with van der Waals surface area (Å²) in [7, 11) is 0. The fraction of sp³-hybridized carbons (Fsp3) is 0.400. The Kier molecular flexibility index (Phi) is 4.61. The fourth-order valence-electron chi connectivity index (χ4n) is 1.04. The van der Waals surface area contributed by atoms with Gasteiger partial charge < -0.3 is 5.32 Å². The van der Waals surface area contributed by atoms with E-state index in [2.05, 4.69) is 59.1 Å². The maximum absolute atomic E-state index is 3.39. The SMILES string of the molecule is CCCNCc1ccccc1I. The summed E-state index contributed by atoms with van der Waals surface area (Å²) >= 11 is 2.37. The quantitative estimate of drug-likeness (QED) is 0.658. The molecule has 0 atom stereocenters. The summed E-state index contributed by atoms with van der Waals surface area (Å²) in [5.41, 5.74) is 1.39. The molecule has 0 fully saturated rings. The molecule has 2 heteroatoms. The van der Waals surface area contributed by atoms with Crippen molar-refractivity contribution >= 4 is 22.6 Å². The van der Waals surface area contributed by atoms with E-state index in [1.165, 1.54) is 15.6 Å². The molecule has 0 spiro atoms. The molecule has 1 rings (SSSR count). The third-order valence-corrected chi connectivity index (χ3v) is 2.75. The first-order valence-electron chi connectivity index (χ1n) is 4.28. The monoisotopic (exact) mass is 275 g/mol. The molecule has 0 aromatic heterocycles. The van der Waals surface area contributed by atoms with Gasteiger partial charge in [-0.05, 0) is 47.2 Å². The van der Waals surface area contributed by atoms with Crippen LogP contribution in [-0.4, -0.2) is 6.54 Å². The first-order valence-corrected chi connectivity index (χ1v) is 5.36. The van der Waals surface area contributed by atoms with Gasteiger partial charge in [-0.1, -0.05) is 25.1 Å². The van der Waals surface area contributed by atoms with Gasteiger partial charge >= 0.3 is 0 Å². The van der Waals surface area contributed by atoms with Crippen LogP contribution in [0.2, 0.25) is 0 Å². The van der Waals surface area contributed by atoms with Gasteiger partial charge in [-0.2, -0.15) is 0 Å². The fourth-order valence-corrected chi connectivity index (χ4v) is 1.62. The van der Waals surface area contributed by atoms with Crippen LogP contribution in [-0.2, 0) is 6.54 Å². The van der Waals surface area contributed by atoms with Gasteiger partial charge in [0.15, 0.2) is 0 Å². The van der Waals surface area contributed by atoms with E-state index in [0.717, 1.165) is 13.1 Å². The van der Waals surface area contributed by atoms with E-state index in [-0.39, 0.29) is 0 Å². The van der Waals surface area contributed by atoms with Gasteiger partial charge in [-0.15, -0.1) is 0 Å². The minimum Gasteiger partial charge on any atom is -0.313 e. The topological polar surface area (TPSA) is 12.0 Å². The second kappa shape index (κ2) is 5.54. The highest BCUT2D eigenvalue weighted by molar-refractivity contribution is 14.1. The largest absolute Gasteiger partial charge is 0.313 e. The predicted molar refractivity (Wildman–Crippen MR) is 61.2 cm³/mol. The molecule has 1 aromatic rings. The molecule has 0 radical (unpaired) electrons. The minimum atomic E-state index is 0.993. The molecule has 12 heavy (non-hydrogen) atoms. The van der Waals surface area contributed by atoms with Crippen LogP contribution >= 0.6 is 22.6 Å². The minimum absolute atomic E-state index is 0.993. The number of benzene rings is 1. The number of halogens is 1. The molecule has 1 N–H and O–H groups in total. The molecule has 0 amide bonds. The van der Waals surface area contributed by atoms with Crippen molar-refractivity contribution in [3.05, 3.63) is 33.4 Å². The van der Waals surface area contributed by atoms with Crippen molar-refractivity contribution in [2.75, 3.05) is 6.54 Å². The first-order chi connectivity index (χ1) is 5.84. The summed E-state index contributed by atoms with van der Waals surface area (Å²) in [4.78, 5) is 0. The van der Waals surface area contributed by atoms with Crippen LogP contribution < -0.4 is 5.32 Å². The maximum Gasteiger partial charge on any atom is 0.0215 e. The number of hydrogen-bond acceptors (Lipinski definition) is 1. The van der Waals surface area contributed by atoms with Crippen molar-refractivity contribution in [2.24, 2.45) is 0 Å². The highest BCUT2D eigenvalue weighted by Gasteiger charge is 1.95. The van der Waals surface area contributed by atoms with Crippen molar-refractivity contribution in [3.8, 4) is 0 Å². The van der Waals surface area contributed by atoms with Crippen molar-refractivity contribution in [2.45, 2.75) is 19.9 Å². The molecule has 0 aliphatic heterocycles. The zero-order chi connectivity index (χ0) is 8.81. The van der Waals surface area contributed by atoms with E-state index in [4.69, 9.17) is 0 Å². The first kappa shape index (κ1) is 9.99. The lowest BCUT2D eigenvalue weighted by molar-refractivity contribution is 0.674.